The number of sulfone groups is 1. The summed E-state index contributed by atoms with van der Waals surface area (Å²) >= 11 is 6.16. The molecule has 2 rings (SSSR count). The van der Waals surface area contributed by atoms with Crippen molar-refractivity contribution in [2.45, 2.75) is 36.1 Å². The van der Waals surface area contributed by atoms with E-state index in [2.05, 4.69) is 0 Å². The molecule has 0 amide bonds. The molecule has 94 valence electrons. The monoisotopic (exact) mass is 273 g/mol. The summed E-state index contributed by atoms with van der Waals surface area (Å²) in [5.41, 5.74) is 6.73. The van der Waals surface area contributed by atoms with Gasteiger partial charge in [-0.25, -0.2) is 8.42 Å². The van der Waals surface area contributed by atoms with E-state index < -0.39 is 9.84 Å². The van der Waals surface area contributed by atoms with Gasteiger partial charge in [-0.3, -0.25) is 0 Å². The minimum absolute atomic E-state index is 0.0187. The molecule has 1 aromatic carbocycles. The van der Waals surface area contributed by atoms with E-state index in [0.29, 0.717) is 9.92 Å². The molecule has 0 spiro atoms. The number of hydrogen-bond acceptors (Lipinski definition) is 3. The van der Waals surface area contributed by atoms with E-state index in [-0.39, 0.29) is 11.5 Å². The second-order valence-electron chi connectivity index (χ2n) is 4.86. The third-order valence-electron chi connectivity index (χ3n) is 3.56. The first-order chi connectivity index (χ1) is 7.77. The van der Waals surface area contributed by atoms with Crippen molar-refractivity contribution in [3.63, 3.8) is 0 Å². The van der Waals surface area contributed by atoms with E-state index in [9.17, 15) is 8.42 Å². The summed E-state index contributed by atoms with van der Waals surface area (Å²) in [7, 11) is -3.20. The Kier molecular flexibility index (Phi) is 3.00. The molecule has 1 saturated carbocycles. The summed E-state index contributed by atoms with van der Waals surface area (Å²) in [4.78, 5) is 0.309. The van der Waals surface area contributed by atoms with Gasteiger partial charge in [0.05, 0.1) is 4.90 Å². The number of halogens is 1. The van der Waals surface area contributed by atoms with Gasteiger partial charge < -0.3 is 5.73 Å². The fourth-order valence-electron chi connectivity index (χ4n) is 2.22. The van der Waals surface area contributed by atoms with Crippen LogP contribution in [0.5, 0.6) is 0 Å². The topological polar surface area (TPSA) is 60.2 Å². The van der Waals surface area contributed by atoms with Crippen molar-refractivity contribution in [3.05, 3.63) is 28.8 Å². The molecule has 0 aliphatic heterocycles. The number of hydrogen-bond donors (Lipinski definition) is 1. The predicted octanol–water partition coefficient (Wildman–Crippen LogP) is 2.12. The van der Waals surface area contributed by atoms with Crippen LogP contribution in [-0.2, 0) is 15.3 Å². The summed E-state index contributed by atoms with van der Waals surface area (Å²) in [6, 6.07) is 4.84. The van der Waals surface area contributed by atoms with E-state index in [1.165, 1.54) is 6.26 Å². The molecule has 0 aromatic heterocycles. The molecule has 0 radical (unpaired) electrons. The van der Waals surface area contributed by atoms with Crippen LogP contribution in [0.2, 0.25) is 5.02 Å². The molecule has 1 aliphatic rings. The van der Waals surface area contributed by atoms with Gasteiger partial charge in [0, 0.05) is 22.7 Å². The van der Waals surface area contributed by atoms with Gasteiger partial charge >= 0.3 is 0 Å². The maximum atomic E-state index is 11.5. The largest absolute Gasteiger partial charge is 0.327 e. The van der Waals surface area contributed by atoms with Crippen molar-refractivity contribution >= 4 is 21.4 Å². The molecule has 1 aromatic rings. The Morgan fingerprint density at radius 1 is 1.41 bits per heavy atom. The predicted molar refractivity (Wildman–Crippen MR) is 69.1 cm³/mol. The first-order valence-electron chi connectivity index (χ1n) is 5.53. The zero-order valence-electron chi connectivity index (χ0n) is 9.90. The first kappa shape index (κ1) is 12.9. The normalized spacial score (nSPS) is 20.0. The van der Waals surface area contributed by atoms with Gasteiger partial charge in [0.25, 0.3) is 0 Å². The molecule has 1 unspecified atom stereocenters. The highest BCUT2D eigenvalue weighted by molar-refractivity contribution is 7.90. The molecular weight excluding hydrogens is 258 g/mol. The SMILES string of the molecule is CC(N)C1(c2cc(S(C)(=O)=O)ccc2Cl)CC1. The Labute approximate surface area is 107 Å². The molecule has 17 heavy (non-hydrogen) atoms. The highest BCUT2D eigenvalue weighted by Crippen LogP contribution is 2.52. The lowest BCUT2D eigenvalue weighted by molar-refractivity contribution is 0.555. The Balaban J connectivity index is 2.55. The highest BCUT2D eigenvalue weighted by atomic mass is 35.5. The van der Waals surface area contributed by atoms with E-state index in [1.807, 2.05) is 6.92 Å². The van der Waals surface area contributed by atoms with E-state index in [4.69, 9.17) is 17.3 Å². The fourth-order valence-corrected chi connectivity index (χ4v) is 3.17. The standard InChI is InChI=1S/C12H16ClNO2S/c1-8(14)12(5-6-12)10-7-9(17(2,15)16)3-4-11(10)13/h3-4,7-8H,5-6,14H2,1-2H3. The molecule has 1 aliphatic carbocycles. The Morgan fingerprint density at radius 3 is 2.41 bits per heavy atom. The van der Waals surface area contributed by atoms with Gasteiger partial charge in [-0.1, -0.05) is 11.6 Å². The molecular formula is C12H16ClNO2S. The third-order valence-corrected chi connectivity index (χ3v) is 5.00. The lowest BCUT2D eigenvalue weighted by atomic mass is 9.89. The smallest absolute Gasteiger partial charge is 0.175 e. The van der Waals surface area contributed by atoms with Gasteiger partial charge in [-0.15, -0.1) is 0 Å². The summed E-state index contributed by atoms with van der Waals surface area (Å²) in [5, 5.41) is 0.604. The third kappa shape index (κ3) is 2.21. The van der Waals surface area contributed by atoms with Crippen LogP contribution in [-0.4, -0.2) is 20.7 Å². The van der Waals surface area contributed by atoms with Crippen LogP contribution in [0.3, 0.4) is 0 Å². The van der Waals surface area contributed by atoms with Crippen LogP contribution >= 0.6 is 11.6 Å². The Bertz CT molecular complexity index is 548. The Morgan fingerprint density at radius 2 is 2.00 bits per heavy atom. The number of benzene rings is 1. The van der Waals surface area contributed by atoms with Crippen LogP contribution in [0.4, 0.5) is 0 Å². The van der Waals surface area contributed by atoms with Gasteiger partial charge in [-0.2, -0.15) is 0 Å². The van der Waals surface area contributed by atoms with E-state index in [0.717, 1.165) is 18.4 Å². The van der Waals surface area contributed by atoms with Gasteiger partial charge in [-0.05, 0) is 43.5 Å². The average molecular weight is 274 g/mol. The summed E-state index contributed by atoms with van der Waals surface area (Å²) in [6.07, 6.45) is 3.14. The summed E-state index contributed by atoms with van der Waals surface area (Å²) in [5.74, 6) is 0. The maximum Gasteiger partial charge on any atom is 0.175 e. The van der Waals surface area contributed by atoms with Crippen molar-refractivity contribution < 1.29 is 8.42 Å². The molecule has 1 fully saturated rings. The second kappa shape index (κ2) is 3.97. The zero-order chi connectivity index (χ0) is 12.8. The highest BCUT2D eigenvalue weighted by Gasteiger charge is 2.48. The summed E-state index contributed by atoms with van der Waals surface area (Å²) in [6.45, 7) is 1.94. The number of rotatable bonds is 3. The fraction of sp³-hybridized carbons (Fsp3) is 0.500. The van der Waals surface area contributed by atoms with Crippen LogP contribution in [0.1, 0.15) is 25.3 Å². The molecule has 0 saturated heterocycles. The van der Waals surface area contributed by atoms with E-state index in [1.54, 1.807) is 18.2 Å². The molecule has 1 atom stereocenters. The van der Waals surface area contributed by atoms with Crippen molar-refractivity contribution in [2.75, 3.05) is 6.26 Å². The van der Waals surface area contributed by atoms with E-state index >= 15 is 0 Å². The molecule has 2 N–H and O–H groups in total. The van der Waals surface area contributed by atoms with Crippen molar-refractivity contribution in [1.82, 2.24) is 0 Å². The number of nitrogens with two attached hydrogens (primary N) is 1. The lowest BCUT2D eigenvalue weighted by Crippen LogP contribution is -2.31. The Hall–Kier alpha value is -0.580. The second-order valence-corrected chi connectivity index (χ2v) is 7.28. The van der Waals surface area contributed by atoms with Gasteiger partial charge in [0.1, 0.15) is 0 Å². The van der Waals surface area contributed by atoms with Crippen LogP contribution in [0.15, 0.2) is 23.1 Å². The molecule has 3 nitrogen and oxygen atoms in total. The van der Waals surface area contributed by atoms with Crippen LogP contribution in [0.25, 0.3) is 0 Å². The van der Waals surface area contributed by atoms with Crippen molar-refractivity contribution in [1.29, 1.82) is 0 Å². The van der Waals surface area contributed by atoms with Crippen LogP contribution in [0, 0.1) is 0 Å². The minimum Gasteiger partial charge on any atom is -0.327 e. The van der Waals surface area contributed by atoms with Crippen LogP contribution < -0.4 is 5.73 Å². The van der Waals surface area contributed by atoms with Gasteiger partial charge in [0.2, 0.25) is 0 Å². The molecule has 5 heteroatoms. The first-order valence-corrected chi connectivity index (χ1v) is 7.80. The molecule has 0 heterocycles. The average Bonchev–Trinajstić information content (AvgIpc) is 2.97. The molecule has 0 bridgehead atoms. The van der Waals surface area contributed by atoms with Crippen molar-refractivity contribution in [3.8, 4) is 0 Å². The maximum absolute atomic E-state index is 11.5. The summed E-state index contributed by atoms with van der Waals surface area (Å²) < 4.78 is 23.1. The quantitative estimate of drug-likeness (QED) is 0.918. The van der Waals surface area contributed by atoms with Crippen molar-refractivity contribution in [2.24, 2.45) is 5.73 Å². The minimum atomic E-state index is -3.20. The van der Waals surface area contributed by atoms with Gasteiger partial charge in [0.15, 0.2) is 9.84 Å². The zero-order valence-corrected chi connectivity index (χ0v) is 11.5. The lowest BCUT2D eigenvalue weighted by Gasteiger charge is -2.22.